The van der Waals surface area contributed by atoms with Crippen LogP contribution in [0.5, 0.6) is 0 Å². The van der Waals surface area contributed by atoms with Crippen LogP contribution in [0.25, 0.3) is 0 Å². The third kappa shape index (κ3) is 3.28. The predicted molar refractivity (Wildman–Crippen MR) is 63.8 cm³/mol. The zero-order valence-corrected chi connectivity index (χ0v) is 10.9. The lowest BCUT2D eigenvalue weighted by Crippen LogP contribution is -2.42. The molecule has 1 aromatic carbocycles. The average Bonchev–Trinajstić information content (AvgIpc) is 2.29. The van der Waals surface area contributed by atoms with Gasteiger partial charge in [-0.2, -0.15) is 8.78 Å². The maximum atomic E-state index is 13.4. The maximum Gasteiger partial charge on any atom is 0.326 e. The molecule has 0 amide bonds. The second-order valence-corrected chi connectivity index (χ2v) is 4.45. The molecule has 0 saturated heterocycles. The first kappa shape index (κ1) is 15.5. The zero-order chi connectivity index (χ0) is 13.9. The van der Waals surface area contributed by atoms with Crippen LogP contribution in [0.1, 0.15) is 18.5 Å². The van der Waals surface area contributed by atoms with Gasteiger partial charge in [0.15, 0.2) is 0 Å². The number of benzene rings is 1. The second-order valence-electron chi connectivity index (χ2n) is 3.64. The summed E-state index contributed by atoms with van der Waals surface area (Å²) in [6.45, 7) is 1.67. The van der Waals surface area contributed by atoms with Crippen LogP contribution < -0.4 is 5.32 Å². The van der Waals surface area contributed by atoms with E-state index in [2.05, 4.69) is 5.32 Å². The number of rotatable bonds is 5. The van der Waals surface area contributed by atoms with Gasteiger partial charge in [-0.1, -0.05) is 36.2 Å². The Morgan fingerprint density at radius 3 is 2.28 bits per heavy atom. The molecule has 0 aliphatic carbocycles. The fraction of sp³-hybridized carbons (Fsp3) is 0.455. The van der Waals surface area contributed by atoms with Crippen molar-refractivity contribution in [2.24, 2.45) is 0 Å². The van der Waals surface area contributed by atoms with E-state index in [-0.39, 0.29) is 22.2 Å². The average molecular weight is 304 g/mol. The number of alkyl halides is 4. The summed E-state index contributed by atoms with van der Waals surface area (Å²) in [6.07, 6.45) is -3.77. The number of nitrogens with one attached hydrogen (secondary N) is 1. The molecule has 0 aromatic heterocycles. The van der Waals surface area contributed by atoms with Gasteiger partial charge in [-0.3, -0.25) is 0 Å². The Hall–Kier alpha value is -0.520. The minimum absolute atomic E-state index is 0.0310. The Kier molecular flexibility index (Phi) is 5.25. The highest BCUT2D eigenvalue weighted by Crippen LogP contribution is 2.38. The Bertz CT molecular complexity index is 412. The molecule has 0 fully saturated rings. The predicted octanol–water partition coefficient (Wildman–Crippen LogP) is 4.54. The van der Waals surface area contributed by atoms with E-state index in [1.165, 1.54) is 12.1 Å². The third-order valence-electron chi connectivity index (χ3n) is 2.36. The number of halogens is 6. The van der Waals surface area contributed by atoms with Crippen LogP contribution in [-0.4, -0.2) is 18.9 Å². The first-order valence-electron chi connectivity index (χ1n) is 5.15. The molecule has 0 spiro atoms. The third-order valence-corrected chi connectivity index (χ3v) is 3.10. The van der Waals surface area contributed by atoms with Crippen molar-refractivity contribution in [3.05, 3.63) is 33.8 Å². The van der Waals surface area contributed by atoms with Crippen molar-refractivity contribution in [3.63, 3.8) is 0 Å². The molecule has 18 heavy (non-hydrogen) atoms. The van der Waals surface area contributed by atoms with Crippen LogP contribution in [0.2, 0.25) is 10.0 Å². The van der Waals surface area contributed by atoms with Gasteiger partial charge in [0.1, 0.15) is 6.04 Å². The summed E-state index contributed by atoms with van der Waals surface area (Å²) in [5.41, 5.74) is -0.0310. The van der Waals surface area contributed by atoms with Crippen LogP contribution in [0.3, 0.4) is 0 Å². The molecule has 1 nitrogen and oxygen atoms in total. The Labute approximate surface area is 112 Å². The van der Waals surface area contributed by atoms with E-state index in [0.29, 0.717) is 0 Å². The molecular weight excluding hydrogens is 293 g/mol. The molecule has 0 bridgehead atoms. The Morgan fingerprint density at radius 1 is 1.22 bits per heavy atom. The largest absolute Gasteiger partial charge is 0.326 e. The van der Waals surface area contributed by atoms with Crippen LogP contribution >= 0.6 is 23.2 Å². The SMILES string of the molecule is CCNC(c1ccc(Cl)c(Cl)c1)C(F)(F)C(F)F. The normalized spacial score (nSPS) is 14.0. The van der Waals surface area contributed by atoms with E-state index in [9.17, 15) is 17.6 Å². The van der Waals surface area contributed by atoms with Gasteiger partial charge >= 0.3 is 12.3 Å². The molecule has 1 rings (SSSR count). The van der Waals surface area contributed by atoms with Gasteiger partial charge in [0.05, 0.1) is 10.0 Å². The van der Waals surface area contributed by atoms with E-state index in [0.717, 1.165) is 6.07 Å². The summed E-state index contributed by atoms with van der Waals surface area (Å²) < 4.78 is 51.7. The van der Waals surface area contributed by atoms with Gasteiger partial charge in [0.2, 0.25) is 0 Å². The fourth-order valence-electron chi connectivity index (χ4n) is 1.50. The minimum atomic E-state index is -4.19. The monoisotopic (exact) mass is 303 g/mol. The molecule has 0 aliphatic rings. The molecule has 0 heterocycles. The van der Waals surface area contributed by atoms with Crippen molar-refractivity contribution in [2.45, 2.75) is 25.3 Å². The van der Waals surface area contributed by atoms with E-state index in [1.807, 2.05) is 0 Å². The van der Waals surface area contributed by atoms with E-state index >= 15 is 0 Å². The van der Waals surface area contributed by atoms with Gasteiger partial charge in [-0.25, -0.2) is 8.78 Å². The second kappa shape index (κ2) is 6.08. The summed E-state index contributed by atoms with van der Waals surface area (Å²) in [6, 6.07) is 1.90. The molecule has 0 radical (unpaired) electrons. The topological polar surface area (TPSA) is 12.0 Å². The standard InChI is InChI=1S/C11H11Cl2F4N/c1-2-18-9(11(16,17)10(14)15)6-3-4-7(12)8(13)5-6/h3-5,9-10,18H,2H2,1H3. The van der Waals surface area contributed by atoms with Gasteiger partial charge < -0.3 is 5.32 Å². The molecule has 0 saturated carbocycles. The molecule has 1 aromatic rings. The van der Waals surface area contributed by atoms with E-state index in [4.69, 9.17) is 23.2 Å². The van der Waals surface area contributed by atoms with Gasteiger partial charge in [0.25, 0.3) is 0 Å². The molecule has 0 aliphatic heterocycles. The van der Waals surface area contributed by atoms with Gasteiger partial charge in [0, 0.05) is 0 Å². The quantitative estimate of drug-likeness (QED) is 0.787. The molecular formula is C11H11Cl2F4N. The lowest BCUT2D eigenvalue weighted by atomic mass is 10.0. The summed E-state index contributed by atoms with van der Waals surface area (Å²) in [5, 5.41) is 2.56. The van der Waals surface area contributed by atoms with E-state index < -0.39 is 18.4 Å². The highest BCUT2D eigenvalue weighted by atomic mass is 35.5. The molecule has 1 N–H and O–H groups in total. The number of hydrogen-bond donors (Lipinski definition) is 1. The van der Waals surface area contributed by atoms with Crippen molar-refractivity contribution in [1.82, 2.24) is 5.32 Å². The minimum Gasteiger partial charge on any atom is -0.305 e. The maximum absolute atomic E-state index is 13.4. The zero-order valence-electron chi connectivity index (χ0n) is 9.36. The highest BCUT2D eigenvalue weighted by Gasteiger charge is 2.49. The van der Waals surface area contributed by atoms with Crippen molar-refractivity contribution < 1.29 is 17.6 Å². The van der Waals surface area contributed by atoms with Gasteiger partial charge in [-0.05, 0) is 24.2 Å². The van der Waals surface area contributed by atoms with E-state index in [1.54, 1.807) is 6.92 Å². The lowest BCUT2D eigenvalue weighted by molar-refractivity contribution is -0.151. The molecule has 1 atom stereocenters. The summed E-state index contributed by atoms with van der Waals surface area (Å²) >= 11 is 11.3. The van der Waals surface area contributed by atoms with Crippen LogP contribution in [-0.2, 0) is 0 Å². The number of hydrogen-bond acceptors (Lipinski definition) is 1. The lowest BCUT2D eigenvalue weighted by Gasteiger charge is -2.27. The molecule has 102 valence electrons. The summed E-state index contributed by atoms with van der Waals surface area (Å²) in [7, 11) is 0. The van der Waals surface area contributed by atoms with Gasteiger partial charge in [-0.15, -0.1) is 0 Å². The van der Waals surface area contributed by atoms with Crippen LogP contribution in [0, 0.1) is 0 Å². The molecule has 1 unspecified atom stereocenters. The summed E-state index contributed by atoms with van der Waals surface area (Å²) in [4.78, 5) is 0. The first-order chi connectivity index (χ1) is 8.30. The van der Waals surface area contributed by atoms with Crippen LogP contribution in [0.15, 0.2) is 18.2 Å². The van der Waals surface area contributed by atoms with Crippen molar-refractivity contribution in [2.75, 3.05) is 6.54 Å². The first-order valence-corrected chi connectivity index (χ1v) is 5.90. The van der Waals surface area contributed by atoms with Crippen molar-refractivity contribution in [1.29, 1.82) is 0 Å². The van der Waals surface area contributed by atoms with Crippen LogP contribution in [0.4, 0.5) is 17.6 Å². The van der Waals surface area contributed by atoms with Crippen molar-refractivity contribution >= 4 is 23.2 Å². The molecule has 7 heteroatoms. The highest BCUT2D eigenvalue weighted by molar-refractivity contribution is 6.42. The van der Waals surface area contributed by atoms with Crippen molar-refractivity contribution in [3.8, 4) is 0 Å². The smallest absolute Gasteiger partial charge is 0.305 e. The summed E-state index contributed by atoms with van der Waals surface area (Å²) in [5.74, 6) is -4.19. The Morgan fingerprint density at radius 2 is 1.83 bits per heavy atom. The Balaban J connectivity index is 3.15. The fourth-order valence-corrected chi connectivity index (χ4v) is 1.80.